The van der Waals surface area contributed by atoms with Gasteiger partial charge in [-0.3, -0.25) is 0 Å². The molecule has 0 atom stereocenters. The summed E-state index contributed by atoms with van der Waals surface area (Å²) >= 11 is 0. The second kappa shape index (κ2) is 9.53. The highest BCUT2D eigenvalue weighted by atomic mass is 16.3. The van der Waals surface area contributed by atoms with E-state index in [-0.39, 0.29) is 16.9 Å². The van der Waals surface area contributed by atoms with Gasteiger partial charge in [0.25, 0.3) is 0 Å². The van der Waals surface area contributed by atoms with Crippen LogP contribution in [-0.2, 0) is 5.41 Å². The molecular weight excluding hydrogens is 500 g/mol. The number of phenolic OH excluding ortho intramolecular Hbond substituents is 2. The third-order valence-electron chi connectivity index (χ3n) is 8.43. The second-order valence-electron chi connectivity index (χ2n) is 11.4. The van der Waals surface area contributed by atoms with Crippen molar-refractivity contribution in [2.75, 3.05) is 0 Å². The molecule has 0 amide bonds. The Bertz CT molecular complexity index is 1810. The van der Waals surface area contributed by atoms with Crippen LogP contribution in [0.15, 0.2) is 133 Å². The molecular formula is C39H30O2. The van der Waals surface area contributed by atoms with Gasteiger partial charge in [0.15, 0.2) is 0 Å². The van der Waals surface area contributed by atoms with Crippen molar-refractivity contribution in [1.82, 2.24) is 0 Å². The molecule has 0 saturated heterocycles. The molecule has 0 radical (unpaired) electrons. The largest absolute Gasteiger partial charge is 0.508 e. The molecule has 0 bridgehead atoms. The maximum Gasteiger partial charge on any atom is 0.116 e. The van der Waals surface area contributed by atoms with Gasteiger partial charge in [-0.15, -0.1) is 0 Å². The van der Waals surface area contributed by atoms with E-state index in [2.05, 4.69) is 98.8 Å². The fraction of sp³-hybridized carbons (Fsp3) is 0.0769. The third kappa shape index (κ3) is 4.38. The molecule has 0 spiro atoms. The highest BCUT2D eigenvalue weighted by Crippen LogP contribution is 2.50. The van der Waals surface area contributed by atoms with Crippen LogP contribution in [0, 0.1) is 0 Å². The molecule has 0 aliphatic heterocycles. The molecule has 0 aromatic heterocycles. The van der Waals surface area contributed by atoms with E-state index in [1.54, 1.807) is 24.3 Å². The van der Waals surface area contributed by atoms with E-state index in [0.29, 0.717) is 0 Å². The number of rotatable bonds is 4. The number of aromatic hydroxyl groups is 2. The van der Waals surface area contributed by atoms with Gasteiger partial charge in [-0.05, 0) is 115 Å². The summed E-state index contributed by atoms with van der Waals surface area (Å²) < 4.78 is 0. The Morgan fingerprint density at radius 3 is 1.05 bits per heavy atom. The zero-order valence-electron chi connectivity index (χ0n) is 23.1. The van der Waals surface area contributed by atoms with Crippen molar-refractivity contribution in [3.8, 4) is 67.1 Å². The summed E-state index contributed by atoms with van der Waals surface area (Å²) in [5.41, 5.74) is 13.9. The highest BCUT2D eigenvalue weighted by molar-refractivity contribution is 5.87. The lowest BCUT2D eigenvalue weighted by Gasteiger charge is -2.23. The maximum atomic E-state index is 9.97. The Labute approximate surface area is 240 Å². The Hall–Kier alpha value is -5.08. The van der Waals surface area contributed by atoms with Gasteiger partial charge in [0, 0.05) is 5.41 Å². The Balaban J connectivity index is 1.25. The van der Waals surface area contributed by atoms with E-state index in [1.807, 2.05) is 24.3 Å². The van der Waals surface area contributed by atoms with Gasteiger partial charge in [0.1, 0.15) is 11.5 Å². The molecule has 2 N–H and O–H groups in total. The summed E-state index contributed by atoms with van der Waals surface area (Å²) in [5.74, 6) is 0.547. The van der Waals surface area contributed by atoms with Crippen LogP contribution in [-0.4, -0.2) is 10.2 Å². The zero-order valence-corrected chi connectivity index (χ0v) is 23.1. The van der Waals surface area contributed by atoms with Gasteiger partial charge in [0.05, 0.1) is 0 Å². The van der Waals surface area contributed by atoms with Gasteiger partial charge in [0.2, 0.25) is 0 Å². The summed E-state index contributed by atoms with van der Waals surface area (Å²) in [7, 11) is 0. The minimum Gasteiger partial charge on any atom is -0.508 e. The standard InChI is InChI=1S/C39H30O2/c1-39(2)37-23-31(27-9-3-7-25(19-27)29-11-5-13-33(40)21-29)15-17-35(37)36-18-16-32(24-38(36)39)28-10-4-8-26(20-28)30-12-6-14-34(41)22-30/h3-24,40-41H,1-2H3. The molecule has 1 aliphatic carbocycles. The summed E-state index contributed by atoms with van der Waals surface area (Å²) in [6, 6.07) is 45.5. The maximum absolute atomic E-state index is 9.97. The number of phenols is 2. The molecule has 41 heavy (non-hydrogen) atoms. The molecule has 198 valence electrons. The SMILES string of the molecule is CC1(C)c2cc(-c3cccc(-c4cccc(O)c4)c3)ccc2-c2ccc(-c3cccc(-c4cccc(O)c4)c3)cc21. The second-order valence-corrected chi connectivity index (χ2v) is 11.4. The van der Waals surface area contributed by atoms with Crippen molar-refractivity contribution in [3.63, 3.8) is 0 Å². The average molecular weight is 531 g/mol. The quantitative estimate of drug-likeness (QED) is 0.238. The first-order valence-electron chi connectivity index (χ1n) is 14.0. The molecule has 6 aromatic rings. The fourth-order valence-electron chi connectivity index (χ4n) is 6.22. The van der Waals surface area contributed by atoms with Crippen molar-refractivity contribution in [1.29, 1.82) is 0 Å². The molecule has 0 unspecified atom stereocenters. The molecule has 6 aromatic carbocycles. The first-order chi connectivity index (χ1) is 19.9. The predicted octanol–water partition coefficient (Wildman–Crippen LogP) is 10.1. The summed E-state index contributed by atoms with van der Waals surface area (Å²) in [6.07, 6.45) is 0. The highest BCUT2D eigenvalue weighted by Gasteiger charge is 2.35. The minimum atomic E-state index is -0.150. The number of hydrogen-bond donors (Lipinski definition) is 2. The third-order valence-corrected chi connectivity index (χ3v) is 8.43. The molecule has 2 nitrogen and oxygen atoms in total. The topological polar surface area (TPSA) is 40.5 Å². The smallest absolute Gasteiger partial charge is 0.116 e. The minimum absolute atomic E-state index is 0.150. The monoisotopic (exact) mass is 530 g/mol. The lowest BCUT2D eigenvalue weighted by atomic mass is 9.80. The first kappa shape index (κ1) is 24.9. The Kier molecular flexibility index (Phi) is 5.80. The lowest BCUT2D eigenvalue weighted by molar-refractivity contribution is 0.475. The van der Waals surface area contributed by atoms with Gasteiger partial charge in [-0.1, -0.05) is 98.8 Å². The van der Waals surface area contributed by atoms with Gasteiger partial charge in [-0.25, -0.2) is 0 Å². The fourth-order valence-corrected chi connectivity index (χ4v) is 6.22. The molecule has 1 aliphatic rings. The van der Waals surface area contributed by atoms with Crippen molar-refractivity contribution >= 4 is 0 Å². The Morgan fingerprint density at radius 2 is 0.683 bits per heavy atom. The van der Waals surface area contributed by atoms with Crippen LogP contribution in [0.3, 0.4) is 0 Å². The van der Waals surface area contributed by atoms with Crippen LogP contribution in [0.5, 0.6) is 11.5 Å². The van der Waals surface area contributed by atoms with Crippen molar-refractivity contribution in [2.24, 2.45) is 0 Å². The van der Waals surface area contributed by atoms with Gasteiger partial charge >= 0.3 is 0 Å². The Morgan fingerprint density at radius 1 is 0.366 bits per heavy atom. The van der Waals surface area contributed by atoms with Crippen LogP contribution in [0.2, 0.25) is 0 Å². The number of hydrogen-bond acceptors (Lipinski definition) is 2. The molecule has 0 heterocycles. The molecule has 0 saturated carbocycles. The van der Waals surface area contributed by atoms with Crippen LogP contribution < -0.4 is 0 Å². The van der Waals surface area contributed by atoms with E-state index in [9.17, 15) is 10.2 Å². The van der Waals surface area contributed by atoms with Crippen LogP contribution in [0.4, 0.5) is 0 Å². The van der Waals surface area contributed by atoms with Crippen LogP contribution in [0.1, 0.15) is 25.0 Å². The predicted molar refractivity (Wildman–Crippen MR) is 169 cm³/mol. The van der Waals surface area contributed by atoms with Crippen LogP contribution in [0.25, 0.3) is 55.6 Å². The van der Waals surface area contributed by atoms with Crippen molar-refractivity contribution < 1.29 is 10.2 Å². The van der Waals surface area contributed by atoms with E-state index >= 15 is 0 Å². The number of fused-ring (bicyclic) bond motifs is 3. The molecule has 7 rings (SSSR count). The zero-order chi connectivity index (χ0) is 28.1. The summed E-state index contributed by atoms with van der Waals surface area (Å²) in [6.45, 7) is 4.63. The van der Waals surface area contributed by atoms with Crippen molar-refractivity contribution in [2.45, 2.75) is 19.3 Å². The summed E-state index contributed by atoms with van der Waals surface area (Å²) in [5, 5.41) is 19.9. The van der Waals surface area contributed by atoms with E-state index < -0.39 is 0 Å². The number of benzene rings is 6. The lowest BCUT2D eigenvalue weighted by Crippen LogP contribution is -2.15. The van der Waals surface area contributed by atoms with Gasteiger partial charge in [-0.2, -0.15) is 0 Å². The van der Waals surface area contributed by atoms with Gasteiger partial charge < -0.3 is 10.2 Å². The first-order valence-corrected chi connectivity index (χ1v) is 14.0. The summed E-state index contributed by atoms with van der Waals surface area (Å²) in [4.78, 5) is 0. The normalized spacial score (nSPS) is 13.0. The molecule has 2 heteroatoms. The van der Waals surface area contributed by atoms with Crippen molar-refractivity contribution in [3.05, 3.63) is 145 Å². The van der Waals surface area contributed by atoms with E-state index in [0.717, 1.165) is 33.4 Å². The van der Waals surface area contributed by atoms with Crippen LogP contribution >= 0.6 is 0 Å². The average Bonchev–Trinajstić information content (AvgIpc) is 3.22. The van der Waals surface area contributed by atoms with E-state index in [1.165, 1.54) is 33.4 Å². The molecule has 0 fully saturated rings. The van der Waals surface area contributed by atoms with E-state index in [4.69, 9.17) is 0 Å².